The monoisotopic (exact) mass is 235 g/mol. The van der Waals surface area contributed by atoms with Crippen molar-refractivity contribution in [2.75, 3.05) is 6.61 Å². The largest absolute Gasteiger partial charge is 0.466 e. The highest BCUT2D eigenvalue weighted by Gasteiger charge is 2.06. The number of rotatable bonds is 7. The quantitative estimate of drug-likeness (QED) is 0.584. The summed E-state index contributed by atoms with van der Waals surface area (Å²) in [6, 6.07) is 10.1. The van der Waals surface area contributed by atoms with E-state index in [4.69, 9.17) is 10.5 Å². The van der Waals surface area contributed by atoms with Gasteiger partial charge in [0.1, 0.15) is 0 Å². The van der Waals surface area contributed by atoms with Crippen molar-refractivity contribution in [2.24, 2.45) is 5.73 Å². The summed E-state index contributed by atoms with van der Waals surface area (Å²) in [5.41, 5.74) is 7.21. The minimum absolute atomic E-state index is 0.0680. The van der Waals surface area contributed by atoms with Crippen LogP contribution in [0.1, 0.15) is 44.2 Å². The van der Waals surface area contributed by atoms with Crippen LogP contribution in [0.5, 0.6) is 0 Å². The van der Waals surface area contributed by atoms with Gasteiger partial charge in [0.05, 0.1) is 6.61 Å². The molecule has 1 rings (SSSR count). The van der Waals surface area contributed by atoms with Crippen LogP contribution < -0.4 is 5.73 Å². The average molecular weight is 235 g/mol. The van der Waals surface area contributed by atoms with E-state index in [0.717, 1.165) is 24.8 Å². The molecule has 3 heteroatoms. The fourth-order valence-corrected chi connectivity index (χ4v) is 1.73. The number of carbonyl (C=O) groups is 1. The zero-order valence-corrected chi connectivity index (χ0v) is 10.4. The smallest absolute Gasteiger partial charge is 0.305 e. The second-order valence-electron chi connectivity index (χ2n) is 4.07. The Hall–Kier alpha value is -1.35. The third-order valence-corrected chi connectivity index (χ3v) is 2.68. The number of hydrogen-bond donors (Lipinski definition) is 1. The molecule has 0 radical (unpaired) electrons. The summed E-state index contributed by atoms with van der Waals surface area (Å²) in [7, 11) is 0. The Balaban J connectivity index is 2.17. The molecule has 0 bridgehead atoms. The van der Waals surface area contributed by atoms with Gasteiger partial charge in [0.2, 0.25) is 0 Å². The van der Waals surface area contributed by atoms with Crippen LogP contribution in [0.2, 0.25) is 0 Å². The first-order valence-corrected chi connectivity index (χ1v) is 6.20. The molecule has 1 unspecified atom stereocenters. The van der Waals surface area contributed by atoms with Crippen LogP contribution in [0.4, 0.5) is 0 Å². The van der Waals surface area contributed by atoms with Gasteiger partial charge in [-0.15, -0.1) is 0 Å². The average Bonchev–Trinajstić information content (AvgIpc) is 2.36. The van der Waals surface area contributed by atoms with E-state index in [-0.39, 0.29) is 12.0 Å². The van der Waals surface area contributed by atoms with Crippen molar-refractivity contribution in [3.05, 3.63) is 35.9 Å². The topological polar surface area (TPSA) is 52.3 Å². The van der Waals surface area contributed by atoms with Gasteiger partial charge in [-0.3, -0.25) is 4.79 Å². The second kappa shape index (κ2) is 7.85. The molecule has 0 amide bonds. The summed E-state index contributed by atoms with van der Waals surface area (Å²) in [4.78, 5) is 11.1. The Morgan fingerprint density at radius 1 is 1.29 bits per heavy atom. The Morgan fingerprint density at radius 2 is 2.00 bits per heavy atom. The van der Waals surface area contributed by atoms with Crippen LogP contribution >= 0.6 is 0 Å². The third kappa shape index (κ3) is 5.50. The van der Waals surface area contributed by atoms with Crippen molar-refractivity contribution < 1.29 is 9.53 Å². The van der Waals surface area contributed by atoms with Crippen LogP contribution in [0.15, 0.2) is 30.3 Å². The molecule has 94 valence electrons. The lowest BCUT2D eigenvalue weighted by Gasteiger charge is -2.11. The highest BCUT2D eigenvalue weighted by Crippen LogP contribution is 2.16. The van der Waals surface area contributed by atoms with Crippen molar-refractivity contribution in [3.63, 3.8) is 0 Å². The van der Waals surface area contributed by atoms with Crippen LogP contribution in [0.25, 0.3) is 0 Å². The predicted molar refractivity (Wildman–Crippen MR) is 68.5 cm³/mol. The first-order chi connectivity index (χ1) is 8.24. The van der Waals surface area contributed by atoms with Crippen molar-refractivity contribution in [2.45, 2.75) is 38.6 Å². The summed E-state index contributed by atoms with van der Waals surface area (Å²) in [6.45, 7) is 2.28. The Bertz CT molecular complexity index is 324. The lowest BCUT2D eigenvalue weighted by Crippen LogP contribution is -2.10. The van der Waals surface area contributed by atoms with E-state index in [0.29, 0.717) is 13.0 Å². The highest BCUT2D eigenvalue weighted by atomic mass is 16.5. The molecule has 0 aliphatic carbocycles. The van der Waals surface area contributed by atoms with Gasteiger partial charge >= 0.3 is 5.97 Å². The normalized spacial score (nSPS) is 12.1. The molecule has 0 saturated heterocycles. The van der Waals surface area contributed by atoms with Gasteiger partial charge in [-0.1, -0.05) is 36.8 Å². The molecule has 0 spiro atoms. The van der Waals surface area contributed by atoms with Crippen LogP contribution in [0.3, 0.4) is 0 Å². The molecular weight excluding hydrogens is 214 g/mol. The van der Waals surface area contributed by atoms with Gasteiger partial charge in [-0.25, -0.2) is 0 Å². The summed E-state index contributed by atoms with van der Waals surface area (Å²) in [5, 5.41) is 0. The number of esters is 1. The van der Waals surface area contributed by atoms with Gasteiger partial charge < -0.3 is 10.5 Å². The predicted octanol–water partition coefficient (Wildman–Crippen LogP) is 2.81. The number of unbranched alkanes of at least 4 members (excludes halogenated alkanes) is 1. The van der Waals surface area contributed by atoms with Gasteiger partial charge in [0.25, 0.3) is 0 Å². The molecule has 0 aromatic heterocycles. The van der Waals surface area contributed by atoms with E-state index >= 15 is 0 Å². The van der Waals surface area contributed by atoms with Gasteiger partial charge in [0, 0.05) is 12.5 Å². The number of benzene rings is 1. The number of ether oxygens (including phenoxy) is 1. The van der Waals surface area contributed by atoms with Gasteiger partial charge in [-0.2, -0.15) is 0 Å². The van der Waals surface area contributed by atoms with Crippen molar-refractivity contribution >= 4 is 5.97 Å². The molecule has 0 saturated carbocycles. The summed E-state index contributed by atoms with van der Waals surface area (Å²) >= 11 is 0. The van der Waals surface area contributed by atoms with Crippen molar-refractivity contribution in [3.8, 4) is 0 Å². The van der Waals surface area contributed by atoms with Gasteiger partial charge in [-0.05, 0) is 25.3 Å². The third-order valence-electron chi connectivity index (χ3n) is 2.68. The minimum Gasteiger partial charge on any atom is -0.466 e. The Kier molecular flexibility index (Phi) is 6.33. The molecule has 1 aromatic rings. The first kappa shape index (κ1) is 13.7. The van der Waals surface area contributed by atoms with E-state index in [2.05, 4.69) is 0 Å². The SMILES string of the molecule is CCOC(=O)CCCCC(N)c1ccccc1. The molecule has 2 N–H and O–H groups in total. The zero-order chi connectivity index (χ0) is 12.5. The maximum absolute atomic E-state index is 11.1. The van der Waals surface area contributed by atoms with Crippen LogP contribution in [0, 0.1) is 0 Å². The van der Waals surface area contributed by atoms with Crippen molar-refractivity contribution in [1.29, 1.82) is 0 Å². The maximum Gasteiger partial charge on any atom is 0.305 e. The van der Waals surface area contributed by atoms with Crippen LogP contribution in [-0.2, 0) is 9.53 Å². The standard InChI is InChI=1S/C14H21NO2/c1-2-17-14(16)11-7-6-10-13(15)12-8-4-3-5-9-12/h3-5,8-9,13H,2,6-7,10-11,15H2,1H3. The molecule has 1 aromatic carbocycles. The summed E-state index contributed by atoms with van der Waals surface area (Å²) in [6.07, 6.45) is 3.20. The lowest BCUT2D eigenvalue weighted by molar-refractivity contribution is -0.143. The molecule has 0 aliphatic heterocycles. The molecule has 3 nitrogen and oxygen atoms in total. The molecule has 1 atom stereocenters. The van der Waals surface area contributed by atoms with E-state index in [1.165, 1.54) is 0 Å². The summed E-state index contributed by atoms with van der Waals surface area (Å²) in [5.74, 6) is -0.110. The minimum atomic E-state index is -0.110. The Labute approximate surface area is 103 Å². The van der Waals surface area contributed by atoms with Gasteiger partial charge in [0.15, 0.2) is 0 Å². The maximum atomic E-state index is 11.1. The van der Waals surface area contributed by atoms with E-state index in [1.807, 2.05) is 37.3 Å². The van der Waals surface area contributed by atoms with Crippen LogP contribution in [-0.4, -0.2) is 12.6 Å². The molecular formula is C14H21NO2. The fourth-order valence-electron chi connectivity index (χ4n) is 1.73. The molecule has 0 heterocycles. The number of nitrogens with two attached hydrogens (primary N) is 1. The zero-order valence-electron chi connectivity index (χ0n) is 10.4. The molecule has 0 fully saturated rings. The highest BCUT2D eigenvalue weighted by molar-refractivity contribution is 5.69. The van der Waals surface area contributed by atoms with E-state index in [9.17, 15) is 4.79 Å². The number of hydrogen-bond acceptors (Lipinski definition) is 3. The van der Waals surface area contributed by atoms with E-state index in [1.54, 1.807) is 0 Å². The Morgan fingerprint density at radius 3 is 2.65 bits per heavy atom. The van der Waals surface area contributed by atoms with Crippen molar-refractivity contribution in [1.82, 2.24) is 0 Å². The first-order valence-electron chi connectivity index (χ1n) is 6.20. The molecule has 17 heavy (non-hydrogen) atoms. The molecule has 0 aliphatic rings. The summed E-state index contributed by atoms with van der Waals surface area (Å²) < 4.78 is 4.86. The second-order valence-corrected chi connectivity index (χ2v) is 4.07. The van der Waals surface area contributed by atoms with E-state index < -0.39 is 0 Å². The lowest BCUT2D eigenvalue weighted by atomic mass is 10.0. The number of carbonyl (C=O) groups excluding carboxylic acids is 1. The fraction of sp³-hybridized carbons (Fsp3) is 0.500.